The molecule has 12 rings (SSSR count). The van der Waals surface area contributed by atoms with Gasteiger partial charge in [0.05, 0.1) is 30.5 Å². The van der Waals surface area contributed by atoms with E-state index in [2.05, 4.69) is 250 Å². The fourth-order valence-corrected chi connectivity index (χ4v) is 12.5. The van der Waals surface area contributed by atoms with Crippen molar-refractivity contribution in [3.05, 3.63) is 216 Å². The molecule has 0 spiro atoms. The number of aromatic nitrogens is 3. The molecule has 3 aromatic heterocycles. The van der Waals surface area contributed by atoms with Crippen molar-refractivity contribution in [3.63, 3.8) is 0 Å². The average Bonchev–Trinajstić information content (AvgIpc) is 4.05. The van der Waals surface area contributed by atoms with Gasteiger partial charge in [-0.25, -0.2) is 0 Å². The number of imidazole rings is 1. The molecule has 405 valence electrons. The van der Waals surface area contributed by atoms with Crippen molar-refractivity contribution in [2.45, 2.75) is 118 Å². The zero-order chi connectivity index (χ0) is 55.4. The fourth-order valence-electron chi connectivity index (χ4n) is 11.5. The van der Waals surface area contributed by atoms with Crippen LogP contribution < -0.4 is 5.19 Å². The van der Waals surface area contributed by atoms with Crippen molar-refractivity contribution in [2.24, 2.45) is 0 Å². The van der Waals surface area contributed by atoms with E-state index in [9.17, 15) is 0 Å². The average molecular weight is 1240 g/mol. The molecule has 0 saturated heterocycles. The first kappa shape index (κ1) is 56.1. The first-order valence-corrected chi connectivity index (χ1v) is 32.0. The Morgan fingerprint density at radius 2 is 1.14 bits per heavy atom. The van der Waals surface area contributed by atoms with Gasteiger partial charge in [0.15, 0.2) is 0 Å². The summed E-state index contributed by atoms with van der Waals surface area (Å²) < 4.78 is 9.33. The number of pyridine rings is 1. The van der Waals surface area contributed by atoms with Crippen LogP contribution >= 0.6 is 0 Å². The van der Waals surface area contributed by atoms with Crippen LogP contribution in [0.3, 0.4) is 0 Å². The topological polar surface area (TPSA) is 43.9 Å². The zero-order valence-corrected chi connectivity index (χ0v) is 52.1. The number of fused-ring (bicyclic) bond motifs is 7. The Balaban J connectivity index is 0.000000364. The molecule has 9 aromatic carbocycles. The van der Waals surface area contributed by atoms with Crippen molar-refractivity contribution >= 4 is 67.8 Å². The minimum atomic E-state index is -1.23. The van der Waals surface area contributed by atoms with Gasteiger partial charge in [-0.3, -0.25) is 4.98 Å². The molecule has 3 heterocycles. The Hall–Kier alpha value is -7.21. The maximum atomic E-state index is 6.93. The monoisotopic (exact) mass is 1240 g/mol. The minimum Gasteiger partial charge on any atom is -0.501 e. The van der Waals surface area contributed by atoms with E-state index in [1.165, 1.54) is 82.5 Å². The third-order valence-corrected chi connectivity index (χ3v) is 18.0. The standard InChI is InChI=1S/C60H57N2O.C14H16NSi.Ir/c1-34(2)43-29-48(35(3)4)57(49(30-43)36(5)6)41-25-22-39(23-26-41)44-31-50(37(7)8)58(51(32-44)38(9)10)62-55-21-14-13-20-54(55)61-60(62)47-19-15-18-46-53-28-42-27-24-40-16-11-12-17-45(40)52(42)33-56(53)63-59(46)47;1-16(2,3)13-9-10-14(15-11-13)12-7-5-4-6-8-12;/h11-18,20-38H,1-10H3;4-7,9-11H,1-3H3;/q2*-1;. The number of hydrogen-bond donors (Lipinski definition) is 0. The van der Waals surface area contributed by atoms with Crippen LogP contribution in [0.4, 0.5) is 0 Å². The second-order valence-electron chi connectivity index (χ2n) is 24.2. The quantitative estimate of drug-likeness (QED) is 0.0736. The second kappa shape index (κ2) is 22.7. The fraction of sp³-hybridized carbons (Fsp3) is 0.243. The van der Waals surface area contributed by atoms with Gasteiger partial charge in [-0.05, 0) is 148 Å². The molecule has 6 heteroatoms. The van der Waals surface area contributed by atoms with Crippen LogP contribution in [-0.4, -0.2) is 22.6 Å². The summed E-state index contributed by atoms with van der Waals surface area (Å²) in [6, 6.07) is 68.4. The summed E-state index contributed by atoms with van der Waals surface area (Å²) in [4.78, 5) is 9.94. The maximum absolute atomic E-state index is 6.93. The second-order valence-corrected chi connectivity index (χ2v) is 29.3. The maximum Gasteiger partial charge on any atom is 0.121 e. The van der Waals surface area contributed by atoms with Crippen LogP contribution in [0.25, 0.3) is 105 Å². The van der Waals surface area contributed by atoms with Gasteiger partial charge in [0.1, 0.15) is 5.58 Å². The van der Waals surface area contributed by atoms with Crippen LogP contribution in [0, 0.1) is 12.1 Å². The van der Waals surface area contributed by atoms with Crippen molar-refractivity contribution in [1.82, 2.24) is 14.5 Å². The molecule has 0 aliphatic heterocycles. The SMILES string of the molecule is CC(C)c1cc(C(C)C)c(-c2ccc(-c3cc(C(C)C)c(-n4c(-c5[c-]ccc6c5oc5cc7c(ccc8ccccc87)cc56)nc5ccccc54)c(C(C)C)c3)cc2)c(C(C)C)c1.C[Si](C)(C)c1ccc(-c2[c-]cccc2)nc1.[Ir]. The molecule has 12 aromatic rings. The normalized spacial score (nSPS) is 12.0. The number of hydrogen-bond acceptors (Lipinski definition) is 3. The van der Waals surface area contributed by atoms with Gasteiger partial charge in [0, 0.05) is 37.4 Å². The molecule has 0 saturated carbocycles. The van der Waals surface area contributed by atoms with E-state index in [0.29, 0.717) is 17.8 Å². The van der Waals surface area contributed by atoms with Gasteiger partial charge in [0.25, 0.3) is 0 Å². The number of nitrogens with zero attached hydrogens (tertiary/aromatic N) is 3. The van der Waals surface area contributed by atoms with E-state index in [-0.39, 0.29) is 31.9 Å². The summed E-state index contributed by atoms with van der Waals surface area (Å²) in [6.07, 6.45) is 2.02. The number of benzene rings is 9. The summed E-state index contributed by atoms with van der Waals surface area (Å²) in [5.41, 5.74) is 19.8. The summed E-state index contributed by atoms with van der Waals surface area (Å²) in [5.74, 6) is 2.64. The molecule has 1 radical (unpaired) electrons. The smallest absolute Gasteiger partial charge is 0.121 e. The van der Waals surface area contributed by atoms with Crippen molar-refractivity contribution in [3.8, 4) is 50.6 Å². The Bertz CT molecular complexity index is 4140. The summed E-state index contributed by atoms with van der Waals surface area (Å²) in [5, 5.41) is 8.40. The molecule has 0 amide bonds. The van der Waals surface area contributed by atoms with Crippen molar-refractivity contribution in [2.75, 3.05) is 0 Å². The Morgan fingerprint density at radius 1 is 0.500 bits per heavy atom. The molecule has 0 N–H and O–H groups in total. The first-order chi connectivity index (χ1) is 37.9. The molecule has 0 aliphatic carbocycles. The molecule has 0 atom stereocenters. The van der Waals surface area contributed by atoms with Crippen LogP contribution in [0.15, 0.2) is 180 Å². The van der Waals surface area contributed by atoms with Gasteiger partial charge >= 0.3 is 0 Å². The predicted molar refractivity (Wildman–Crippen MR) is 340 cm³/mol. The van der Waals surface area contributed by atoms with Gasteiger partial charge in [-0.1, -0.05) is 197 Å². The predicted octanol–water partition coefficient (Wildman–Crippen LogP) is 20.7. The van der Waals surface area contributed by atoms with Crippen molar-refractivity contribution in [1.29, 1.82) is 0 Å². The van der Waals surface area contributed by atoms with Crippen LogP contribution in [0.1, 0.15) is 127 Å². The van der Waals surface area contributed by atoms with Crippen LogP contribution in [0.5, 0.6) is 0 Å². The number of furan rings is 1. The summed E-state index contributed by atoms with van der Waals surface area (Å²) >= 11 is 0. The third kappa shape index (κ3) is 10.7. The summed E-state index contributed by atoms with van der Waals surface area (Å²) in [6.45, 7) is 30.2. The van der Waals surface area contributed by atoms with Crippen LogP contribution in [-0.2, 0) is 20.1 Å². The summed E-state index contributed by atoms with van der Waals surface area (Å²) in [7, 11) is -1.23. The molecule has 4 nitrogen and oxygen atoms in total. The minimum absolute atomic E-state index is 0. The van der Waals surface area contributed by atoms with Gasteiger partial charge in [0.2, 0.25) is 0 Å². The zero-order valence-electron chi connectivity index (χ0n) is 48.7. The number of para-hydroxylation sites is 2. The molecule has 0 aliphatic rings. The van der Waals surface area contributed by atoms with Gasteiger partial charge in [-0.15, -0.1) is 54.1 Å². The first-order valence-electron chi connectivity index (χ1n) is 28.5. The largest absolute Gasteiger partial charge is 0.501 e. The molecular formula is C74H73IrN3OSi-2. The van der Waals surface area contributed by atoms with E-state index < -0.39 is 8.07 Å². The van der Waals surface area contributed by atoms with Gasteiger partial charge < -0.3 is 14.0 Å². The van der Waals surface area contributed by atoms with E-state index in [0.717, 1.165) is 55.6 Å². The van der Waals surface area contributed by atoms with E-state index in [1.807, 2.05) is 36.5 Å². The Labute approximate surface area is 488 Å². The Morgan fingerprint density at radius 3 is 1.76 bits per heavy atom. The van der Waals surface area contributed by atoms with Gasteiger partial charge in [-0.2, -0.15) is 0 Å². The van der Waals surface area contributed by atoms with E-state index >= 15 is 0 Å². The molecule has 80 heavy (non-hydrogen) atoms. The molecular weight excluding hydrogens is 1170 g/mol. The van der Waals surface area contributed by atoms with Crippen molar-refractivity contribution < 1.29 is 24.5 Å². The third-order valence-electron chi connectivity index (χ3n) is 16.0. The van der Waals surface area contributed by atoms with Crippen LogP contribution in [0.2, 0.25) is 19.6 Å². The molecule has 0 unspecified atom stereocenters. The Kier molecular flexibility index (Phi) is 15.9. The van der Waals surface area contributed by atoms with E-state index in [1.54, 1.807) is 0 Å². The molecule has 0 fully saturated rings. The van der Waals surface area contributed by atoms with E-state index in [4.69, 9.17) is 9.40 Å². The number of rotatable bonds is 11. The molecule has 0 bridgehead atoms.